The summed E-state index contributed by atoms with van der Waals surface area (Å²) in [6, 6.07) is 14.1. The van der Waals surface area contributed by atoms with Gasteiger partial charge in [0, 0.05) is 28.2 Å². The summed E-state index contributed by atoms with van der Waals surface area (Å²) in [4.78, 5) is 0. The fourth-order valence-corrected chi connectivity index (χ4v) is 8.02. The lowest BCUT2D eigenvalue weighted by Crippen LogP contribution is -2.63. The van der Waals surface area contributed by atoms with Crippen LogP contribution in [-0.4, -0.2) is 12.1 Å². The predicted octanol–water partition coefficient (Wildman–Crippen LogP) is 7.16. The Morgan fingerprint density at radius 3 is 2.31 bits per heavy atom. The minimum atomic E-state index is 0.255. The van der Waals surface area contributed by atoms with Crippen molar-refractivity contribution >= 4 is 11.6 Å². The second kappa shape index (κ2) is 8.25. The summed E-state index contributed by atoms with van der Waals surface area (Å²) < 4.78 is 12.3. The third-order valence-electron chi connectivity index (χ3n) is 7.97. The number of rotatable bonds is 8. The van der Waals surface area contributed by atoms with Crippen LogP contribution in [0.3, 0.4) is 0 Å². The first kappa shape index (κ1) is 22.1. The molecular formula is C28H36ClNO2. The van der Waals surface area contributed by atoms with E-state index in [0.717, 1.165) is 40.1 Å². The molecule has 4 aliphatic rings. The van der Waals surface area contributed by atoms with Gasteiger partial charge in [-0.3, -0.25) is 0 Å². The quantitative estimate of drug-likeness (QED) is 0.460. The molecule has 172 valence electrons. The molecule has 4 saturated carbocycles. The highest BCUT2D eigenvalue weighted by Gasteiger charge is 2.59. The number of benzene rings is 2. The van der Waals surface area contributed by atoms with Crippen LogP contribution in [0.5, 0.6) is 11.5 Å². The van der Waals surface area contributed by atoms with Crippen molar-refractivity contribution in [3.63, 3.8) is 0 Å². The van der Waals surface area contributed by atoms with E-state index < -0.39 is 0 Å². The monoisotopic (exact) mass is 453 g/mol. The summed E-state index contributed by atoms with van der Waals surface area (Å²) in [5.41, 5.74) is 3.40. The van der Waals surface area contributed by atoms with E-state index in [-0.39, 0.29) is 5.54 Å². The molecule has 4 aliphatic carbocycles. The minimum Gasteiger partial charge on any atom is -0.490 e. The van der Waals surface area contributed by atoms with Crippen LogP contribution in [0.1, 0.15) is 70.4 Å². The maximum absolute atomic E-state index is 6.37. The van der Waals surface area contributed by atoms with Crippen LogP contribution in [0.4, 0.5) is 0 Å². The molecule has 0 radical (unpaired) electrons. The van der Waals surface area contributed by atoms with Crippen molar-refractivity contribution in [2.45, 2.75) is 78.0 Å². The Balaban J connectivity index is 1.37. The van der Waals surface area contributed by atoms with Crippen molar-refractivity contribution in [1.29, 1.82) is 0 Å². The molecule has 0 aliphatic heterocycles. The highest BCUT2D eigenvalue weighted by Crippen LogP contribution is 2.66. The average molecular weight is 454 g/mol. The Bertz CT molecular complexity index is 971. The standard InChI is InChI=1S/C28H36ClNO2/c1-4-31-24-11-7-9-21(25(24)32-16-22-8-5-6-10-23(22)29)15-30-28-14-20-12-26(2,18-28)17-27(3,13-20)19-28/h5-11,20,30H,4,12-19H2,1-3H3/t20?,26-,27+,28?. The van der Waals surface area contributed by atoms with Crippen molar-refractivity contribution in [1.82, 2.24) is 5.32 Å². The smallest absolute Gasteiger partial charge is 0.166 e. The zero-order chi connectivity index (χ0) is 22.4. The molecule has 2 aromatic carbocycles. The van der Waals surface area contributed by atoms with Gasteiger partial charge in [0.25, 0.3) is 0 Å². The van der Waals surface area contributed by atoms with Crippen LogP contribution in [0.25, 0.3) is 0 Å². The average Bonchev–Trinajstić information content (AvgIpc) is 2.70. The van der Waals surface area contributed by atoms with Gasteiger partial charge >= 0.3 is 0 Å². The summed E-state index contributed by atoms with van der Waals surface area (Å²) >= 11 is 6.37. The fourth-order valence-electron chi connectivity index (χ4n) is 7.83. The Morgan fingerprint density at radius 2 is 1.62 bits per heavy atom. The van der Waals surface area contributed by atoms with Crippen molar-refractivity contribution in [2.24, 2.45) is 16.7 Å². The summed E-state index contributed by atoms with van der Waals surface area (Å²) in [5, 5.41) is 4.78. The van der Waals surface area contributed by atoms with Gasteiger partial charge in [-0.15, -0.1) is 0 Å². The second-order valence-electron chi connectivity index (χ2n) is 11.3. The summed E-state index contributed by atoms with van der Waals surface area (Å²) in [5.74, 6) is 2.52. The number of ether oxygens (including phenoxy) is 2. The van der Waals surface area contributed by atoms with E-state index in [1.807, 2.05) is 37.3 Å². The van der Waals surface area contributed by atoms with Crippen LogP contribution < -0.4 is 14.8 Å². The van der Waals surface area contributed by atoms with Crippen LogP contribution in [0.15, 0.2) is 42.5 Å². The summed E-state index contributed by atoms with van der Waals surface area (Å²) in [7, 11) is 0. The molecule has 0 heterocycles. The minimum absolute atomic E-state index is 0.255. The SMILES string of the molecule is CCOc1cccc(CNC23CC4C[C@@](C)(C2)C[C@](C)(C4)C3)c1OCc1ccccc1Cl. The lowest BCUT2D eigenvalue weighted by molar-refractivity contribution is -0.118. The molecule has 2 unspecified atom stereocenters. The molecule has 4 fully saturated rings. The molecule has 0 amide bonds. The van der Waals surface area contributed by atoms with Crippen LogP contribution in [0.2, 0.25) is 5.02 Å². The van der Waals surface area contributed by atoms with E-state index in [1.165, 1.54) is 38.5 Å². The Kier molecular flexibility index (Phi) is 5.70. The van der Waals surface area contributed by atoms with Gasteiger partial charge in [0.05, 0.1) is 6.61 Å². The highest BCUT2D eigenvalue weighted by molar-refractivity contribution is 6.31. The summed E-state index contributed by atoms with van der Waals surface area (Å²) in [6.45, 7) is 8.92. The molecular weight excluding hydrogens is 418 g/mol. The molecule has 4 atom stereocenters. The van der Waals surface area contributed by atoms with Gasteiger partial charge in [-0.2, -0.15) is 0 Å². The first-order chi connectivity index (χ1) is 15.3. The third kappa shape index (κ3) is 4.26. The maximum atomic E-state index is 6.37. The molecule has 6 rings (SSSR count). The molecule has 0 spiro atoms. The molecule has 3 nitrogen and oxygen atoms in total. The third-order valence-corrected chi connectivity index (χ3v) is 8.34. The van der Waals surface area contributed by atoms with Gasteiger partial charge in [-0.1, -0.05) is 55.8 Å². The number of para-hydroxylation sites is 1. The first-order valence-corrected chi connectivity index (χ1v) is 12.5. The molecule has 0 aromatic heterocycles. The zero-order valence-corrected chi connectivity index (χ0v) is 20.4. The Hall–Kier alpha value is -1.71. The van der Waals surface area contributed by atoms with Crippen molar-refractivity contribution in [2.75, 3.05) is 6.61 Å². The molecule has 2 aromatic rings. The summed E-state index contributed by atoms with van der Waals surface area (Å²) in [6.07, 6.45) is 8.14. The van der Waals surface area contributed by atoms with Crippen LogP contribution in [-0.2, 0) is 13.2 Å². The van der Waals surface area contributed by atoms with Gasteiger partial charge in [-0.25, -0.2) is 0 Å². The van der Waals surface area contributed by atoms with Gasteiger partial charge in [0.2, 0.25) is 0 Å². The van der Waals surface area contributed by atoms with E-state index in [2.05, 4.69) is 31.3 Å². The second-order valence-corrected chi connectivity index (χ2v) is 11.7. The molecule has 32 heavy (non-hydrogen) atoms. The van der Waals surface area contributed by atoms with Crippen LogP contribution in [0, 0.1) is 16.7 Å². The van der Waals surface area contributed by atoms with E-state index in [4.69, 9.17) is 21.1 Å². The van der Waals surface area contributed by atoms with Gasteiger partial charge < -0.3 is 14.8 Å². The van der Waals surface area contributed by atoms with E-state index in [9.17, 15) is 0 Å². The first-order valence-electron chi connectivity index (χ1n) is 12.2. The van der Waals surface area contributed by atoms with Crippen molar-refractivity contribution in [3.8, 4) is 11.5 Å². The van der Waals surface area contributed by atoms with E-state index >= 15 is 0 Å². The number of hydrogen-bond donors (Lipinski definition) is 1. The largest absolute Gasteiger partial charge is 0.490 e. The van der Waals surface area contributed by atoms with Gasteiger partial charge in [0.15, 0.2) is 11.5 Å². The molecule has 1 N–H and O–H groups in total. The zero-order valence-electron chi connectivity index (χ0n) is 19.7. The van der Waals surface area contributed by atoms with Crippen molar-refractivity contribution in [3.05, 3.63) is 58.6 Å². The van der Waals surface area contributed by atoms with Gasteiger partial charge in [-0.05, 0) is 74.3 Å². The van der Waals surface area contributed by atoms with E-state index in [1.54, 1.807) is 0 Å². The molecule has 4 heteroatoms. The lowest BCUT2D eigenvalue weighted by Gasteiger charge is -2.65. The van der Waals surface area contributed by atoms with Crippen molar-refractivity contribution < 1.29 is 9.47 Å². The van der Waals surface area contributed by atoms with Gasteiger partial charge in [0.1, 0.15) is 6.61 Å². The number of halogens is 1. The maximum Gasteiger partial charge on any atom is 0.166 e. The topological polar surface area (TPSA) is 30.5 Å². The number of nitrogens with one attached hydrogen (secondary N) is 1. The Morgan fingerprint density at radius 1 is 0.906 bits per heavy atom. The number of hydrogen-bond acceptors (Lipinski definition) is 3. The Labute approximate surface area is 197 Å². The normalized spacial score (nSPS) is 32.8. The lowest BCUT2D eigenvalue weighted by atomic mass is 9.43. The van der Waals surface area contributed by atoms with E-state index in [0.29, 0.717) is 24.0 Å². The molecule has 0 saturated heterocycles. The fraction of sp³-hybridized carbons (Fsp3) is 0.571. The predicted molar refractivity (Wildman–Crippen MR) is 130 cm³/mol. The molecule has 4 bridgehead atoms. The van der Waals surface area contributed by atoms with Crippen LogP contribution >= 0.6 is 11.6 Å². The highest BCUT2D eigenvalue weighted by atomic mass is 35.5.